The molecule has 0 radical (unpaired) electrons. The first-order valence-corrected chi connectivity index (χ1v) is 7.08. The second kappa shape index (κ2) is 6.78. The van der Waals surface area contributed by atoms with Crippen LogP contribution in [0.3, 0.4) is 0 Å². The predicted molar refractivity (Wildman–Crippen MR) is 83.0 cm³/mol. The number of pyridine rings is 1. The molecule has 2 N–H and O–H groups in total. The van der Waals surface area contributed by atoms with Crippen molar-refractivity contribution in [1.29, 1.82) is 0 Å². The fourth-order valence-corrected chi connectivity index (χ4v) is 2.09. The first-order chi connectivity index (χ1) is 11.2. The van der Waals surface area contributed by atoms with Gasteiger partial charge in [-0.2, -0.15) is 4.98 Å². The average molecular weight is 311 g/mol. The predicted octanol–water partition coefficient (Wildman–Crippen LogP) is 2.58. The zero-order valence-electron chi connectivity index (χ0n) is 12.2. The molecular formula is C16H14FN5O. The highest BCUT2D eigenvalue weighted by molar-refractivity contribution is 5.89. The Hall–Kier alpha value is -3.09. The normalized spacial score (nSPS) is 10.5. The zero-order chi connectivity index (χ0) is 16.1. The van der Waals surface area contributed by atoms with E-state index in [0.29, 0.717) is 12.2 Å². The van der Waals surface area contributed by atoms with E-state index < -0.39 is 0 Å². The van der Waals surface area contributed by atoms with Gasteiger partial charge in [-0.15, -0.1) is 5.10 Å². The van der Waals surface area contributed by atoms with Crippen LogP contribution in [0.25, 0.3) is 11.4 Å². The molecular weight excluding hydrogens is 297 g/mol. The Morgan fingerprint density at radius 2 is 2.04 bits per heavy atom. The van der Waals surface area contributed by atoms with Crippen molar-refractivity contribution in [2.45, 2.75) is 12.8 Å². The zero-order valence-corrected chi connectivity index (χ0v) is 12.2. The summed E-state index contributed by atoms with van der Waals surface area (Å²) in [7, 11) is 0. The van der Waals surface area contributed by atoms with Gasteiger partial charge in [0.15, 0.2) is 5.82 Å². The Balaban J connectivity index is 1.57. The van der Waals surface area contributed by atoms with Crippen molar-refractivity contribution in [2.75, 3.05) is 5.32 Å². The molecule has 0 saturated heterocycles. The van der Waals surface area contributed by atoms with Gasteiger partial charge in [-0.05, 0) is 36.2 Å². The summed E-state index contributed by atoms with van der Waals surface area (Å²) in [6.07, 6.45) is 3.97. The van der Waals surface area contributed by atoms with Crippen LogP contribution in [0, 0.1) is 5.82 Å². The lowest BCUT2D eigenvalue weighted by Gasteiger charge is -2.02. The number of H-pyrrole nitrogens is 1. The largest absolute Gasteiger partial charge is 0.293 e. The monoisotopic (exact) mass is 311 g/mol. The summed E-state index contributed by atoms with van der Waals surface area (Å²) >= 11 is 0. The Kier molecular flexibility index (Phi) is 4.37. The number of nitrogens with one attached hydrogen (secondary N) is 2. The van der Waals surface area contributed by atoms with Crippen LogP contribution in [-0.2, 0) is 11.2 Å². The molecule has 23 heavy (non-hydrogen) atoms. The maximum atomic E-state index is 13.1. The third-order valence-corrected chi connectivity index (χ3v) is 3.22. The number of carbonyl (C=O) groups excluding carboxylic acids is 1. The maximum Gasteiger partial charge on any atom is 0.249 e. The average Bonchev–Trinajstić information content (AvgIpc) is 3.02. The summed E-state index contributed by atoms with van der Waals surface area (Å²) in [6, 6.07) is 9.77. The molecule has 3 aromatic rings. The van der Waals surface area contributed by atoms with Crippen molar-refractivity contribution < 1.29 is 9.18 Å². The van der Waals surface area contributed by atoms with Crippen LogP contribution in [-0.4, -0.2) is 26.1 Å². The van der Waals surface area contributed by atoms with Crippen LogP contribution in [0.5, 0.6) is 0 Å². The number of halogens is 1. The number of aryl methyl sites for hydroxylation is 1. The quantitative estimate of drug-likeness (QED) is 0.758. The minimum atomic E-state index is -0.307. The van der Waals surface area contributed by atoms with Gasteiger partial charge in [-0.1, -0.05) is 12.1 Å². The van der Waals surface area contributed by atoms with E-state index in [0.717, 1.165) is 11.1 Å². The van der Waals surface area contributed by atoms with E-state index in [9.17, 15) is 9.18 Å². The molecule has 0 saturated carbocycles. The van der Waals surface area contributed by atoms with E-state index in [2.05, 4.69) is 25.5 Å². The second-order valence-electron chi connectivity index (χ2n) is 4.92. The molecule has 0 fully saturated rings. The van der Waals surface area contributed by atoms with Crippen molar-refractivity contribution >= 4 is 11.9 Å². The molecule has 7 heteroatoms. The minimum Gasteiger partial charge on any atom is -0.293 e. The van der Waals surface area contributed by atoms with Crippen molar-refractivity contribution in [1.82, 2.24) is 20.2 Å². The SMILES string of the molecule is O=C(CCc1cccc(F)c1)Nc1n[nH]c(-c2ccncc2)n1. The summed E-state index contributed by atoms with van der Waals surface area (Å²) < 4.78 is 13.1. The highest BCUT2D eigenvalue weighted by Crippen LogP contribution is 2.14. The molecule has 0 aliphatic heterocycles. The Morgan fingerprint density at radius 3 is 2.83 bits per heavy atom. The molecule has 1 amide bonds. The van der Waals surface area contributed by atoms with Gasteiger partial charge in [0.05, 0.1) is 0 Å². The molecule has 2 heterocycles. The molecule has 0 unspecified atom stereocenters. The van der Waals surface area contributed by atoms with Crippen LogP contribution in [0.2, 0.25) is 0 Å². The summed E-state index contributed by atoms with van der Waals surface area (Å²) in [5.41, 5.74) is 1.60. The molecule has 116 valence electrons. The molecule has 3 rings (SSSR count). The summed E-state index contributed by atoms with van der Waals surface area (Å²) in [5, 5.41) is 9.32. The standard InChI is InChI=1S/C16H14FN5O/c17-13-3-1-2-11(10-13)4-5-14(23)19-16-20-15(21-22-16)12-6-8-18-9-7-12/h1-3,6-10H,4-5H2,(H2,19,20,21,22,23). The van der Waals surface area contributed by atoms with Gasteiger partial charge in [0.2, 0.25) is 11.9 Å². The van der Waals surface area contributed by atoms with Crippen LogP contribution < -0.4 is 5.32 Å². The lowest BCUT2D eigenvalue weighted by molar-refractivity contribution is -0.116. The van der Waals surface area contributed by atoms with Gasteiger partial charge in [-0.25, -0.2) is 4.39 Å². The Labute approximate surface area is 131 Å². The Bertz CT molecular complexity index is 803. The third kappa shape index (κ3) is 3.97. The molecule has 0 spiro atoms. The van der Waals surface area contributed by atoms with Crippen molar-refractivity contribution in [3.63, 3.8) is 0 Å². The first-order valence-electron chi connectivity index (χ1n) is 7.08. The highest BCUT2D eigenvalue weighted by Gasteiger charge is 2.09. The topological polar surface area (TPSA) is 83.6 Å². The second-order valence-corrected chi connectivity index (χ2v) is 4.92. The lowest BCUT2D eigenvalue weighted by atomic mass is 10.1. The number of benzene rings is 1. The molecule has 6 nitrogen and oxygen atoms in total. The molecule has 0 aliphatic carbocycles. The van der Waals surface area contributed by atoms with E-state index in [1.165, 1.54) is 12.1 Å². The smallest absolute Gasteiger partial charge is 0.249 e. The molecule has 0 aliphatic rings. The maximum absolute atomic E-state index is 13.1. The summed E-state index contributed by atoms with van der Waals surface area (Å²) in [4.78, 5) is 20.0. The van der Waals surface area contributed by atoms with Crippen molar-refractivity contribution in [2.24, 2.45) is 0 Å². The van der Waals surface area contributed by atoms with E-state index in [1.807, 2.05) is 0 Å². The van der Waals surface area contributed by atoms with E-state index in [1.54, 1.807) is 36.7 Å². The van der Waals surface area contributed by atoms with Crippen LogP contribution in [0.15, 0.2) is 48.8 Å². The fourth-order valence-electron chi connectivity index (χ4n) is 2.09. The molecule has 0 bridgehead atoms. The van der Waals surface area contributed by atoms with Crippen LogP contribution in [0.1, 0.15) is 12.0 Å². The van der Waals surface area contributed by atoms with Gasteiger partial charge in [0.25, 0.3) is 0 Å². The van der Waals surface area contributed by atoms with Gasteiger partial charge >= 0.3 is 0 Å². The number of aromatic amines is 1. The number of hydrogen-bond acceptors (Lipinski definition) is 4. The third-order valence-electron chi connectivity index (χ3n) is 3.22. The molecule has 0 atom stereocenters. The highest BCUT2D eigenvalue weighted by atomic mass is 19.1. The van der Waals surface area contributed by atoms with E-state index >= 15 is 0 Å². The summed E-state index contributed by atoms with van der Waals surface area (Å²) in [5.74, 6) is 0.224. The van der Waals surface area contributed by atoms with Crippen molar-refractivity contribution in [3.05, 3.63) is 60.2 Å². The number of carbonyl (C=O) groups is 1. The van der Waals surface area contributed by atoms with Gasteiger partial charge in [0, 0.05) is 24.4 Å². The van der Waals surface area contributed by atoms with Gasteiger partial charge < -0.3 is 0 Å². The van der Waals surface area contributed by atoms with Gasteiger partial charge in [-0.3, -0.25) is 20.2 Å². The number of aromatic nitrogens is 4. The van der Waals surface area contributed by atoms with Crippen LogP contribution in [0.4, 0.5) is 10.3 Å². The number of nitrogens with zero attached hydrogens (tertiary/aromatic N) is 3. The lowest BCUT2D eigenvalue weighted by Crippen LogP contribution is -2.13. The summed E-state index contributed by atoms with van der Waals surface area (Å²) in [6.45, 7) is 0. The fraction of sp³-hybridized carbons (Fsp3) is 0.125. The number of rotatable bonds is 5. The first kappa shape index (κ1) is 14.8. The number of amides is 1. The number of hydrogen-bond donors (Lipinski definition) is 2. The van der Waals surface area contributed by atoms with E-state index in [-0.39, 0.29) is 24.1 Å². The van der Waals surface area contributed by atoms with Crippen molar-refractivity contribution in [3.8, 4) is 11.4 Å². The Morgan fingerprint density at radius 1 is 1.22 bits per heavy atom. The van der Waals surface area contributed by atoms with Gasteiger partial charge in [0.1, 0.15) is 5.82 Å². The number of anilines is 1. The van der Waals surface area contributed by atoms with E-state index in [4.69, 9.17) is 0 Å². The minimum absolute atomic E-state index is 0.209. The molecule has 1 aromatic carbocycles. The van der Waals surface area contributed by atoms with Crippen LogP contribution >= 0.6 is 0 Å². The molecule has 2 aromatic heterocycles.